The second kappa shape index (κ2) is 6.18. The number of aromatic nitrogens is 2. The molecule has 0 N–H and O–H groups in total. The maximum absolute atomic E-state index is 11.9. The summed E-state index contributed by atoms with van der Waals surface area (Å²) >= 11 is 0. The second-order valence-electron chi connectivity index (χ2n) is 4.88. The van der Waals surface area contributed by atoms with Crippen LogP contribution >= 0.6 is 0 Å². The van der Waals surface area contributed by atoms with E-state index in [1.807, 2.05) is 37.3 Å². The summed E-state index contributed by atoms with van der Waals surface area (Å²) in [6.07, 6.45) is 0. The Labute approximate surface area is 128 Å². The quantitative estimate of drug-likeness (QED) is 0.691. The number of carbonyl (C=O) groups excluding carboxylic acids is 1. The highest BCUT2D eigenvalue weighted by Crippen LogP contribution is 2.18. The maximum atomic E-state index is 11.9. The van der Waals surface area contributed by atoms with Crippen LogP contribution in [0.3, 0.4) is 0 Å². The SMILES string of the molecule is Cc1ccc(-c2ccc(OC(=O)c3ccccc3)nn2)cc1. The van der Waals surface area contributed by atoms with Crippen molar-refractivity contribution in [3.63, 3.8) is 0 Å². The summed E-state index contributed by atoms with van der Waals surface area (Å²) in [5, 5.41) is 8.05. The van der Waals surface area contributed by atoms with E-state index in [0.29, 0.717) is 5.56 Å². The number of rotatable bonds is 3. The van der Waals surface area contributed by atoms with Gasteiger partial charge in [0.25, 0.3) is 0 Å². The van der Waals surface area contributed by atoms with Crippen LogP contribution in [0.1, 0.15) is 15.9 Å². The summed E-state index contributed by atoms with van der Waals surface area (Å²) in [5.74, 6) is -0.261. The minimum absolute atomic E-state index is 0.185. The molecule has 0 saturated carbocycles. The van der Waals surface area contributed by atoms with Gasteiger partial charge in [-0.15, -0.1) is 10.2 Å². The van der Waals surface area contributed by atoms with Crippen LogP contribution < -0.4 is 4.74 Å². The van der Waals surface area contributed by atoms with Gasteiger partial charge in [0, 0.05) is 11.6 Å². The van der Waals surface area contributed by atoms with E-state index < -0.39 is 5.97 Å². The van der Waals surface area contributed by atoms with E-state index in [0.717, 1.165) is 11.3 Å². The van der Waals surface area contributed by atoms with E-state index in [9.17, 15) is 4.79 Å². The van der Waals surface area contributed by atoms with Gasteiger partial charge in [-0.3, -0.25) is 0 Å². The topological polar surface area (TPSA) is 52.1 Å². The van der Waals surface area contributed by atoms with Gasteiger partial charge in [-0.05, 0) is 25.1 Å². The minimum Gasteiger partial charge on any atom is -0.402 e. The number of benzene rings is 2. The second-order valence-corrected chi connectivity index (χ2v) is 4.88. The Morgan fingerprint density at radius 2 is 1.59 bits per heavy atom. The van der Waals surface area contributed by atoms with Gasteiger partial charge in [0.2, 0.25) is 5.88 Å². The Hall–Kier alpha value is -3.01. The molecule has 3 rings (SSSR count). The molecule has 0 unspecified atom stereocenters. The smallest absolute Gasteiger partial charge is 0.344 e. The molecule has 3 aromatic rings. The number of hydrogen-bond acceptors (Lipinski definition) is 4. The molecule has 0 aliphatic carbocycles. The highest BCUT2D eigenvalue weighted by molar-refractivity contribution is 5.90. The van der Waals surface area contributed by atoms with Crippen molar-refractivity contribution < 1.29 is 9.53 Å². The predicted molar refractivity (Wildman–Crippen MR) is 83.6 cm³/mol. The highest BCUT2D eigenvalue weighted by atomic mass is 16.5. The van der Waals surface area contributed by atoms with Crippen LogP contribution in [0, 0.1) is 6.92 Å². The third-order valence-electron chi connectivity index (χ3n) is 3.19. The van der Waals surface area contributed by atoms with Crippen molar-refractivity contribution in [3.05, 3.63) is 77.9 Å². The molecule has 108 valence electrons. The average molecular weight is 290 g/mol. The largest absolute Gasteiger partial charge is 0.402 e. The number of aryl methyl sites for hydroxylation is 1. The van der Waals surface area contributed by atoms with Crippen molar-refractivity contribution >= 4 is 5.97 Å². The Morgan fingerprint density at radius 1 is 0.864 bits per heavy atom. The molecule has 0 amide bonds. The van der Waals surface area contributed by atoms with Crippen LogP contribution in [-0.2, 0) is 0 Å². The lowest BCUT2D eigenvalue weighted by molar-refractivity contribution is 0.0726. The lowest BCUT2D eigenvalue weighted by Gasteiger charge is -2.04. The van der Waals surface area contributed by atoms with Crippen molar-refractivity contribution in [2.45, 2.75) is 6.92 Å². The van der Waals surface area contributed by atoms with Crippen LogP contribution in [0.5, 0.6) is 5.88 Å². The minimum atomic E-state index is -0.446. The Kier molecular flexibility index (Phi) is 3.92. The molecule has 0 radical (unpaired) electrons. The fraction of sp³-hybridized carbons (Fsp3) is 0.0556. The monoisotopic (exact) mass is 290 g/mol. The zero-order valence-electron chi connectivity index (χ0n) is 12.1. The third-order valence-corrected chi connectivity index (χ3v) is 3.19. The Balaban J connectivity index is 1.74. The summed E-state index contributed by atoms with van der Waals surface area (Å²) in [6.45, 7) is 2.03. The first-order valence-electron chi connectivity index (χ1n) is 6.90. The fourth-order valence-corrected chi connectivity index (χ4v) is 1.98. The van der Waals surface area contributed by atoms with E-state index in [4.69, 9.17) is 4.74 Å². The predicted octanol–water partition coefficient (Wildman–Crippen LogP) is 3.67. The number of nitrogens with zero attached hydrogens (tertiary/aromatic N) is 2. The molecular formula is C18H14N2O2. The summed E-state index contributed by atoms with van der Waals surface area (Å²) in [7, 11) is 0. The lowest BCUT2D eigenvalue weighted by atomic mass is 10.1. The molecule has 0 saturated heterocycles. The van der Waals surface area contributed by atoms with Crippen molar-refractivity contribution in [1.29, 1.82) is 0 Å². The van der Waals surface area contributed by atoms with Crippen molar-refractivity contribution in [2.24, 2.45) is 0 Å². The molecule has 4 heteroatoms. The van der Waals surface area contributed by atoms with Gasteiger partial charge >= 0.3 is 5.97 Å². The molecule has 22 heavy (non-hydrogen) atoms. The first kappa shape index (κ1) is 13.9. The van der Waals surface area contributed by atoms with Gasteiger partial charge in [-0.1, -0.05) is 48.0 Å². The molecule has 0 aliphatic rings. The van der Waals surface area contributed by atoms with E-state index in [-0.39, 0.29) is 5.88 Å². The first-order valence-corrected chi connectivity index (χ1v) is 6.90. The molecule has 0 fully saturated rings. The van der Waals surface area contributed by atoms with Gasteiger partial charge in [0.05, 0.1) is 11.3 Å². The lowest BCUT2D eigenvalue weighted by Crippen LogP contribution is -2.09. The normalized spacial score (nSPS) is 10.2. The molecule has 4 nitrogen and oxygen atoms in total. The van der Waals surface area contributed by atoms with Crippen LogP contribution in [0.15, 0.2) is 66.7 Å². The van der Waals surface area contributed by atoms with E-state index >= 15 is 0 Å². The van der Waals surface area contributed by atoms with Gasteiger partial charge in [0.1, 0.15) is 0 Å². The molecule has 1 aromatic heterocycles. The molecule has 0 bridgehead atoms. The van der Waals surface area contributed by atoms with Crippen LogP contribution in [0.4, 0.5) is 0 Å². The molecule has 2 aromatic carbocycles. The molecule has 0 atom stereocenters. The van der Waals surface area contributed by atoms with Gasteiger partial charge in [0.15, 0.2) is 0 Å². The summed E-state index contributed by atoms with van der Waals surface area (Å²) in [5.41, 5.74) is 3.37. The number of ether oxygens (including phenoxy) is 1. The van der Waals surface area contributed by atoms with Crippen molar-refractivity contribution in [3.8, 4) is 17.1 Å². The molecule has 1 heterocycles. The Bertz CT molecular complexity index is 766. The van der Waals surface area contributed by atoms with Crippen LogP contribution in [0.25, 0.3) is 11.3 Å². The number of carbonyl (C=O) groups is 1. The van der Waals surface area contributed by atoms with E-state index in [2.05, 4.69) is 10.2 Å². The van der Waals surface area contributed by atoms with Crippen LogP contribution in [-0.4, -0.2) is 16.2 Å². The highest BCUT2D eigenvalue weighted by Gasteiger charge is 2.09. The summed E-state index contributed by atoms with van der Waals surface area (Å²) < 4.78 is 5.20. The van der Waals surface area contributed by atoms with Gasteiger partial charge in [-0.25, -0.2) is 4.79 Å². The maximum Gasteiger partial charge on any atom is 0.344 e. The van der Waals surface area contributed by atoms with Crippen molar-refractivity contribution in [2.75, 3.05) is 0 Å². The van der Waals surface area contributed by atoms with Gasteiger partial charge in [-0.2, -0.15) is 0 Å². The summed E-state index contributed by atoms with van der Waals surface area (Å²) in [6, 6.07) is 20.2. The Morgan fingerprint density at radius 3 is 2.23 bits per heavy atom. The molecule has 0 aliphatic heterocycles. The van der Waals surface area contributed by atoms with Gasteiger partial charge < -0.3 is 4.74 Å². The molecule has 0 spiro atoms. The van der Waals surface area contributed by atoms with E-state index in [1.54, 1.807) is 36.4 Å². The number of hydrogen-bond donors (Lipinski definition) is 0. The van der Waals surface area contributed by atoms with Crippen LogP contribution in [0.2, 0.25) is 0 Å². The zero-order valence-corrected chi connectivity index (χ0v) is 12.1. The number of esters is 1. The molecular weight excluding hydrogens is 276 g/mol. The zero-order chi connectivity index (χ0) is 15.4. The van der Waals surface area contributed by atoms with Crippen molar-refractivity contribution in [1.82, 2.24) is 10.2 Å². The third kappa shape index (κ3) is 3.17. The first-order chi connectivity index (χ1) is 10.7. The van der Waals surface area contributed by atoms with E-state index in [1.165, 1.54) is 5.56 Å². The average Bonchev–Trinajstić information content (AvgIpc) is 2.57. The summed E-state index contributed by atoms with van der Waals surface area (Å²) in [4.78, 5) is 11.9. The fourth-order valence-electron chi connectivity index (χ4n) is 1.98. The standard InChI is InChI=1S/C18H14N2O2/c1-13-7-9-14(10-8-13)16-11-12-17(20-19-16)22-18(21)15-5-3-2-4-6-15/h2-12H,1H3.